The van der Waals surface area contributed by atoms with Gasteiger partial charge in [-0.25, -0.2) is 9.97 Å². The first-order valence-corrected chi connectivity index (χ1v) is 6.83. The van der Waals surface area contributed by atoms with E-state index in [-0.39, 0.29) is 0 Å². The molecule has 0 bridgehead atoms. The number of rotatable bonds is 1. The fourth-order valence-corrected chi connectivity index (χ4v) is 2.51. The summed E-state index contributed by atoms with van der Waals surface area (Å²) in [4.78, 5) is 9.21. The van der Waals surface area contributed by atoms with Crippen molar-refractivity contribution < 1.29 is 0 Å². The van der Waals surface area contributed by atoms with Crippen LogP contribution in [0.3, 0.4) is 0 Å². The normalized spacial score (nSPS) is 11.3. The number of nitrogen functional groups attached to an aromatic ring is 1. The standard InChI is InChI=1S/C17H14N4/c1-11-6-7-12(10-13(11)18)14-8-9-21-16-5-3-2-4-15(16)20-17(21)19-14/h2-10H,18H2,1H3. The Morgan fingerprint density at radius 3 is 2.71 bits per heavy atom. The van der Waals surface area contributed by atoms with Crippen molar-refractivity contribution in [3.05, 3.63) is 60.3 Å². The Bertz CT molecular complexity index is 969. The summed E-state index contributed by atoms with van der Waals surface area (Å²) in [7, 11) is 0. The van der Waals surface area contributed by atoms with Gasteiger partial charge >= 0.3 is 0 Å². The summed E-state index contributed by atoms with van der Waals surface area (Å²) in [5.41, 5.74) is 11.7. The minimum atomic E-state index is 0.702. The van der Waals surface area contributed by atoms with Crippen molar-refractivity contribution >= 4 is 22.5 Å². The number of nitrogens with two attached hydrogens (primary N) is 1. The minimum absolute atomic E-state index is 0.702. The zero-order valence-corrected chi connectivity index (χ0v) is 11.6. The maximum atomic E-state index is 5.98. The third kappa shape index (κ3) is 1.84. The van der Waals surface area contributed by atoms with Crippen LogP contribution in [-0.2, 0) is 0 Å². The number of anilines is 1. The Balaban J connectivity index is 1.94. The van der Waals surface area contributed by atoms with Crippen molar-refractivity contribution in [1.29, 1.82) is 0 Å². The number of imidazole rings is 1. The summed E-state index contributed by atoms with van der Waals surface area (Å²) in [6.45, 7) is 2.00. The Hall–Kier alpha value is -2.88. The van der Waals surface area contributed by atoms with Gasteiger partial charge in [-0.3, -0.25) is 4.40 Å². The highest BCUT2D eigenvalue weighted by Crippen LogP contribution is 2.23. The van der Waals surface area contributed by atoms with E-state index in [1.807, 2.05) is 66.1 Å². The quantitative estimate of drug-likeness (QED) is 0.541. The summed E-state index contributed by atoms with van der Waals surface area (Å²) in [6, 6.07) is 16.0. The van der Waals surface area contributed by atoms with Crippen LogP contribution in [0, 0.1) is 6.92 Å². The molecule has 4 heteroatoms. The topological polar surface area (TPSA) is 56.2 Å². The molecular weight excluding hydrogens is 260 g/mol. The minimum Gasteiger partial charge on any atom is -0.398 e. The summed E-state index contributed by atoms with van der Waals surface area (Å²) in [5.74, 6) is 0.702. The zero-order valence-electron chi connectivity index (χ0n) is 11.6. The number of aromatic nitrogens is 3. The molecule has 2 N–H and O–H groups in total. The van der Waals surface area contributed by atoms with Gasteiger partial charge in [0, 0.05) is 17.4 Å². The second kappa shape index (κ2) is 4.31. The van der Waals surface area contributed by atoms with E-state index in [2.05, 4.69) is 9.97 Å². The molecule has 0 fully saturated rings. The van der Waals surface area contributed by atoms with Gasteiger partial charge in [-0.05, 0) is 36.8 Å². The number of hydrogen-bond acceptors (Lipinski definition) is 3. The van der Waals surface area contributed by atoms with Gasteiger partial charge in [0.05, 0.1) is 16.7 Å². The van der Waals surface area contributed by atoms with Crippen molar-refractivity contribution in [1.82, 2.24) is 14.4 Å². The lowest BCUT2D eigenvalue weighted by molar-refractivity contribution is 1.14. The fourth-order valence-electron chi connectivity index (χ4n) is 2.51. The smallest absolute Gasteiger partial charge is 0.235 e. The third-order valence-electron chi connectivity index (χ3n) is 3.75. The molecule has 0 saturated heterocycles. The van der Waals surface area contributed by atoms with E-state index in [1.54, 1.807) is 0 Å². The lowest BCUT2D eigenvalue weighted by Crippen LogP contribution is -1.93. The van der Waals surface area contributed by atoms with Crippen LogP contribution in [0.15, 0.2) is 54.7 Å². The second-order valence-corrected chi connectivity index (χ2v) is 5.15. The van der Waals surface area contributed by atoms with E-state index in [1.165, 1.54) is 0 Å². The summed E-state index contributed by atoms with van der Waals surface area (Å²) in [5, 5.41) is 0. The molecule has 2 aromatic heterocycles. The average Bonchev–Trinajstić information content (AvgIpc) is 2.87. The molecule has 4 nitrogen and oxygen atoms in total. The van der Waals surface area contributed by atoms with Gasteiger partial charge in [0.15, 0.2) is 0 Å². The molecule has 0 unspecified atom stereocenters. The van der Waals surface area contributed by atoms with Gasteiger partial charge in [-0.2, -0.15) is 0 Å². The van der Waals surface area contributed by atoms with Gasteiger partial charge in [0.2, 0.25) is 5.78 Å². The first-order chi connectivity index (χ1) is 10.2. The Labute approximate surface area is 121 Å². The van der Waals surface area contributed by atoms with Crippen LogP contribution in [0.5, 0.6) is 0 Å². The van der Waals surface area contributed by atoms with Crippen molar-refractivity contribution in [3.63, 3.8) is 0 Å². The predicted octanol–water partition coefficient (Wildman–Crippen LogP) is 3.44. The largest absolute Gasteiger partial charge is 0.398 e. The monoisotopic (exact) mass is 274 g/mol. The summed E-state index contributed by atoms with van der Waals surface area (Å²) in [6.07, 6.45) is 2.00. The number of benzene rings is 2. The first-order valence-electron chi connectivity index (χ1n) is 6.83. The van der Waals surface area contributed by atoms with Gasteiger partial charge in [0.25, 0.3) is 0 Å². The van der Waals surface area contributed by atoms with Crippen LogP contribution in [0.25, 0.3) is 28.1 Å². The average molecular weight is 274 g/mol. The second-order valence-electron chi connectivity index (χ2n) is 5.15. The molecule has 4 rings (SSSR count). The molecule has 2 aromatic carbocycles. The molecule has 0 atom stereocenters. The van der Waals surface area contributed by atoms with Crippen LogP contribution in [0.1, 0.15) is 5.56 Å². The van der Waals surface area contributed by atoms with E-state index >= 15 is 0 Å². The van der Waals surface area contributed by atoms with Crippen LogP contribution in [-0.4, -0.2) is 14.4 Å². The molecule has 21 heavy (non-hydrogen) atoms. The van der Waals surface area contributed by atoms with Crippen LogP contribution in [0.4, 0.5) is 5.69 Å². The molecule has 0 saturated carbocycles. The van der Waals surface area contributed by atoms with Crippen molar-refractivity contribution in [2.24, 2.45) is 0 Å². The molecular formula is C17H14N4. The van der Waals surface area contributed by atoms with Crippen LogP contribution < -0.4 is 5.73 Å². The van der Waals surface area contributed by atoms with Gasteiger partial charge < -0.3 is 5.73 Å². The Morgan fingerprint density at radius 1 is 1.00 bits per heavy atom. The summed E-state index contributed by atoms with van der Waals surface area (Å²) < 4.78 is 2.00. The van der Waals surface area contributed by atoms with E-state index < -0.39 is 0 Å². The van der Waals surface area contributed by atoms with Gasteiger partial charge in [-0.15, -0.1) is 0 Å². The highest BCUT2D eigenvalue weighted by atomic mass is 15.1. The van der Waals surface area contributed by atoms with Crippen molar-refractivity contribution in [3.8, 4) is 11.3 Å². The number of para-hydroxylation sites is 2. The highest BCUT2D eigenvalue weighted by molar-refractivity contribution is 5.80. The molecule has 102 valence electrons. The number of aryl methyl sites for hydroxylation is 1. The van der Waals surface area contributed by atoms with E-state index in [9.17, 15) is 0 Å². The number of fused-ring (bicyclic) bond motifs is 3. The maximum absolute atomic E-state index is 5.98. The molecule has 0 aliphatic carbocycles. The van der Waals surface area contributed by atoms with E-state index in [0.717, 1.165) is 33.5 Å². The van der Waals surface area contributed by atoms with Gasteiger partial charge in [-0.1, -0.05) is 24.3 Å². The first kappa shape index (κ1) is 11.9. The molecule has 0 aliphatic heterocycles. The van der Waals surface area contributed by atoms with E-state index in [0.29, 0.717) is 5.78 Å². The highest BCUT2D eigenvalue weighted by Gasteiger charge is 2.07. The summed E-state index contributed by atoms with van der Waals surface area (Å²) >= 11 is 0. The zero-order chi connectivity index (χ0) is 14.4. The molecule has 0 aliphatic rings. The molecule has 2 heterocycles. The lowest BCUT2D eigenvalue weighted by atomic mass is 10.1. The molecule has 4 aromatic rings. The van der Waals surface area contributed by atoms with Crippen LogP contribution in [0.2, 0.25) is 0 Å². The molecule has 0 radical (unpaired) electrons. The molecule has 0 spiro atoms. The lowest BCUT2D eigenvalue weighted by Gasteiger charge is -2.05. The number of nitrogens with zero attached hydrogens (tertiary/aromatic N) is 3. The SMILES string of the molecule is Cc1ccc(-c2ccn3c(n2)nc2ccccc23)cc1N. The maximum Gasteiger partial charge on any atom is 0.235 e. The van der Waals surface area contributed by atoms with E-state index in [4.69, 9.17) is 5.73 Å². The van der Waals surface area contributed by atoms with Gasteiger partial charge in [0.1, 0.15) is 0 Å². The number of hydrogen-bond donors (Lipinski definition) is 1. The fraction of sp³-hybridized carbons (Fsp3) is 0.0588. The Morgan fingerprint density at radius 2 is 1.86 bits per heavy atom. The van der Waals surface area contributed by atoms with Crippen LogP contribution >= 0.6 is 0 Å². The molecule has 0 amide bonds. The van der Waals surface area contributed by atoms with Crippen molar-refractivity contribution in [2.45, 2.75) is 6.92 Å². The third-order valence-corrected chi connectivity index (χ3v) is 3.75. The van der Waals surface area contributed by atoms with Crippen molar-refractivity contribution in [2.75, 3.05) is 5.73 Å². The Kier molecular flexibility index (Phi) is 2.44. The predicted molar refractivity (Wildman–Crippen MR) is 85.1 cm³/mol.